The standard InChI is InChI=1S/C12H21ClN4O2S/c1-9-11(8-13)12(15-14-9)20(18,19)17(3)10-4-6-16(2)7-5-10/h10H,4-8H2,1-3H3,(H,14,15). The molecule has 0 saturated carbocycles. The first-order valence-corrected chi connectivity index (χ1v) is 8.61. The van der Waals surface area contributed by atoms with Crippen molar-refractivity contribution in [2.24, 2.45) is 0 Å². The summed E-state index contributed by atoms with van der Waals surface area (Å²) in [6.07, 6.45) is 1.68. The quantitative estimate of drug-likeness (QED) is 0.846. The molecule has 0 unspecified atom stereocenters. The number of halogens is 1. The van der Waals surface area contributed by atoms with Crippen LogP contribution >= 0.6 is 11.6 Å². The number of nitrogens with zero attached hydrogens (tertiary/aromatic N) is 3. The highest BCUT2D eigenvalue weighted by Crippen LogP contribution is 2.25. The van der Waals surface area contributed by atoms with Gasteiger partial charge in [0.15, 0.2) is 5.03 Å². The van der Waals surface area contributed by atoms with E-state index in [9.17, 15) is 8.42 Å². The molecule has 0 aromatic carbocycles. The van der Waals surface area contributed by atoms with Crippen molar-refractivity contribution in [2.45, 2.75) is 36.7 Å². The molecule has 0 atom stereocenters. The number of likely N-dealkylation sites (tertiary alicyclic amines) is 1. The minimum absolute atomic E-state index is 0.0244. The van der Waals surface area contributed by atoms with Crippen molar-refractivity contribution in [3.05, 3.63) is 11.3 Å². The van der Waals surface area contributed by atoms with E-state index in [-0.39, 0.29) is 16.9 Å². The number of piperidine rings is 1. The van der Waals surface area contributed by atoms with Crippen LogP contribution in [0.2, 0.25) is 0 Å². The van der Waals surface area contributed by atoms with Crippen molar-refractivity contribution < 1.29 is 8.42 Å². The molecule has 20 heavy (non-hydrogen) atoms. The molecule has 1 aromatic rings. The third kappa shape index (κ3) is 2.86. The second-order valence-electron chi connectivity index (χ2n) is 5.32. The number of aromatic nitrogens is 2. The molecule has 0 radical (unpaired) electrons. The Morgan fingerprint density at radius 3 is 2.60 bits per heavy atom. The zero-order valence-corrected chi connectivity index (χ0v) is 13.6. The maximum absolute atomic E-state index is 12.7. The van der Waals surface area contributed by atoms with E-state index in [1.165, 1.54) is 4.31 Å². The summed E-state index contributed by atoms with van der Waals surface area (Å²) in [5.41, 5.74) is 1.27. The van der Waals surface area contributed by atoms with Gasteiger partial charge < -0.3 is 4.90 Å². The molecule has 0 amide bonds. The molecule has 1 saturated heterocycles. The number of alkyl halides is 1. The molecule has 1 fully saturated rings. The van der Waals surface area contributed by atoms with E-state index in [0.29, 0.717) is 11.3 Å². The maximum atomic E-state index is 12.7. The number of aryl methyl sites for hydroxylation is 1. The van der Waals surface area contributed by atoms with Crippen LogP contribution in [0, 0.1) is 6.92 Å². The van der Waals surface area contributed by atoms with E-state index in [1.54, 1.807) is 14.0 Å². The normalized spacial score (nSPS) is 18.9. The smallest absolute Gasteiger partial charge is 0.262 e. The molecule has 0 aliphatic carbocycles. The molecular weight excluding hydrogens is 300 g/mol. The number of nitrogens with one attached hydrogen (secondary N) is 1. The maximum Gasteiger partial charge on any atom is 0.262 e. The molecule has 1 aliphatic rings. The van der Waals surface area contributed by atoms with E-state index in [1.807, 2.05) is 7.05 Å². The minimum atomic E-state index is -3.59. The van der Waals surface area contributed by atoms with Gasteiger partial charge in [-0.1, -0.05) is 0 Å². The van der Waals surface area contributed by atoms with E-state index in [2.05, 4.69) is 15.1 Å². The molecule has 1 N–H and O–H groups in total. The van der Waals surface area contributed by atoms with Crippen LogP contribution in [0.5, 0.6) is 0 Å². The summed E-state index contributed by atoms with van der Waals surface area (Å²) in [6.45, 7) is 3.60. The zero-order chi connectivity index (χ0) is 14.9. The number of rotatable bonds is 4. The Labute approximate surface area is 125 Å². The first-order valence-electron chi connectivity index (χ1n) is 6.64. The van der Waals surface area contributed by atoms with Crippen molar-refractivity contribution in [3.63, 3.8) is 0 Å². The highest BCUT2D eigenvalue weighted by Gasteiger charge is 2.33. The van der Waals surface area contributed by atoms with Gasteiger partial charge in [-0.15, -0.1) is 11.6 Å². The zero-order valence-electron chi connectivity index (χ0n) is 12.1. The van der Waals surface area contributed by atoms with Gasteiger partial charge in [-0.05, 0) is 39.9 Å². The summed E-state index contributed by atoms with van der Waals surface area (Å²) >= 11 is 5.84. The van der Waals surface area contributed by atoms with Gasteiger partial charge in [0.2, 0.25) is 0 Å². The predicted molar refractivity (Wildman–Crippen MR) is 78.3 cm³/mol. The fraction of sp³-hybridized carbons (Fsp3) is 0.750. The topological polar surface area (TPSA) is 69.3 Å². The van der Waals surface area contributed by atoms with Crippen molar-refractivity contribution in [2.75, 3.05) is 27.2 Å². The lowest BCUT2D eigenvalue weighted by atomic mass is 10.1. The van der Waals surface area contributed by atoms with Gasteiger partial charge in [-0.3, -0.25) is 5.10 Å². The second-order valence-corrected chi connectivity index (χ2v) is 7.50. The van der Waals surface area contributed by atoms with E-state index in [4.69, 9.17) is 11.6 Å². The van der Waals surface area contributed by atoms with Gasteiger partial charge in [-0.25, -0.2) is 8.42 Å². The molecular formula is C12H21ClN4O2S. The second kappa shape index (κ2) is 6.01. The van der Waals surface area contributed by atoms with Gasteiger partial charge in [0.1, 0.15) is 0 Å². The van der Waals surface area contributed by atoms with Crippen LogP contribution < -0.4 is 0 Å². The third-order valence-corrected chi connectivity index (χ3v) is 6.15. The first kappa shape index (κ1) is 15.8. The Morgan fingerprint density at radius 2 is 2.05 bits per heavy atom. The van der Waals surface area contributed by atoms with Crippen molar-refractivity contribution in [3.8, 4) is 0 Å². The van der Waals surface area contributed by atoms with Crippen LogP contribution in [0.1, 0.15) is 24.1 Å². The Kier molecular flexibility index (Phi) is 4.73. The summed E-state index contributed by atoms with van der Waals surface area (Å²) in [5.74, 6) is 0.137. The van der Waals surface area contributed by atoms with Gasteiger partial charge in [0.25, 0.3) is 10.0 Å². The average Bonchev–Trinajstić information content (AvgIpc) is 2.80. The van der Waals surface area contributed by atoms with Crippen molar-refractivity contribution >= 4 is 21.6 Å². The number of hydrogen-bond donors (Lipinski definition) is 1. The Morgan fingerprint density at radius 1 is 1.45 bits per heavy atom. The highest BCUT2D eigenvalue weighted by molar-refractivity contribution is 7.89. The SMILES string of the molecule is Cc1[nH]nc(S(=O)(=O)N(C)C2CCN(C)CC2)c1CCl. The van der Waals surface area contributed by atoms with Crippen LogP contribution in [0.4, 0.5) is 0 Å². The monoisotopic (exact) mass is 320 g/mol. The summed E-state index contributed by atoms with van der Waals surface area (Å²) in [6, 6.07) is 0.0244. The Balaban J connectivity index is 2.25. The van der Waals surface area contributed by atoms with Gasteiger partial charge in [0.05, 0.1) is 5.88 Å². The molecule has 1 aliphatic heterocycles. The number of aromatic amines is 1. The molecule has 2 heterocycles. The molecule has 0 bridgehead atoms. The van der Waals surface area contributed by atoms with Gasteiger partial charge in [0, 0.05) is 24.3 Å². The molecule has 0 spiro atoms. The van der Waals surface area contributed by atoms with E-state index >= 15 is 0 Å². The molecule has 6 nitrogen and oxygen atoms in total. The number of sulfonamides is 1. The largest absolute Gasteiger partial charge is 0.306 e. The van der Waals surface area contributed by atoms with Crippen LogP contribution in [0.15, 0.2) is 5.03 Å². The molecule has 2 rings (SSSR count). The fourth-order valence-electron chi connectivity index (χ4n) is 2.49. The predicted octanol–water partition coefficient (Wildman–Crippen LogP) is 1.17. The fourth-order valence-corrected chi connectivity index (χ4v) is 4.47. The van der Waals surface area contributed by atoms with Gasteiger partial charge in [-0.2, -0.15) is 9.40 Å². The van der Waals surface area contributed by atoms with Crippen LogP contribution in [0.3, 0.4) is 0 Å². The summed E-state index contributed by atoms with van der Waals surface area (Å²) in [7, 11) is 0.0913. The van der Waals surface area contributed by atoms with E-state index in [0.717, 1.165) is 25.9 Å². The van der Waals surface area contributed by atoms with E-state index < -0.39 is 10.0 Å². The number of hydrogen-bond acceptors (Lipinski definition) is 4. The van der Waals surface area contributed by atoms with Gasteiger partial charge >= 0.3 is 0 Å². The lowest BCUT2D eigenvalue weighted by Gasteiger charge is -2.34. The Hall–Kier alpha value is -0.630. The third-order valence-electron chi connectivity index (χ3n) is 4.00. The average molecular weight is 321 g/mol. The summed E-state index contributed by atoms with van der Waals surface area (Å²) in [5, 5.41) is 6.71. The highest BCUT2D eigenvalue weighted by atomic mass is 35.5. The first-order chi connectivity index (χ1) is 9.37. The minimum Gasteiger partial charge on any atom is -0.306 e. The summed E-state index contributed by atoms with van der Waals surface area (Å²) in [4.78, 5) is 2.21. The van der Waals surface area contributed by atoms with Crippen molar-refractivity contribution in [1.82, 2.24) is 19.4 Å². The van der Waals surface area contributed by atoms with Crippen LogP contribution in [-0.4, -0.2) is 61.0 Å². The lowest BCUT2D eigenvalue weighted by Crippen LogP contribution is -2.44. The summed E-state index contributed by atoms with van der Waals surface area (Å²) < 4.78 is 26.8. The molecule has 114 valence electrons. The Bertz CT molecular complexity index is 564. The van der Waals surface area contributed by atoms with Crippen LogP contribution in [0.25, 0.3) is 0 Å². The number of H-pyrrole nitrogens is 1. The molecule has 1 aromatic heterocycles. The van der Waals surface area contributed by atoms with Crippen molar-refractivity contribution in [1.29, 1.82) is 0 Å². The lowest BCUT2D eigenvalue weighted by molar-refractivity contribution is 0.197. The van der Waals surface area contributed by atoms with Crippen LogP contribution in [-0.2, 0) is 15.9 Å². The molecule has 8 heteroatoms.